The van der Waals surface area contributed by atoms with Crippen LogP contribution in [-0.4, -0.2) is 38.4 Å². The summed E-state index contributed by atoms with van der Waals surface area (Å²) in [5.41, 5.74) is 1.93. The standard InChI is InChI=1S/C17H22N2O3/c1-14-5-7-15(8-6-14)19(10-3-9-18)17(20)13-21-12-16-4-2-11-22-16/h5-8,16H,2-4,10-13H2,1H3/t16-/m0/s1. The highest BCUT2D eigenvalue weighted by Gasteiger charge is 2.19. The average Bonchev–Trinajstić information content (AvgIpc) is 3.03. The zero-order valence-corrected chi connectivity index (χ0v) is 13.0. The summed E-state index contributed by atoms with van der Waals surface area (Å²) in [7, 11) is 0. The molecule has 1 aromatic rings. The minimum absolute atomic E-state index is 0.0131. The summed E-state index contributed by atoms with van der Waals surface area (Å²) in [6.07, 6.45) is 2.45. The molecule has 0 unspecified atom stereocenters. The van der Waals surface area contributed by atoms with Crippen LogP contribution in [0.2, 0.25) is 0 Å². The fraction of sp³-hybridized carbons (Fsp3) is 0.529. The van der Waals surface area contributed by atoms with Crippen LogP contribution in [0.4, 0.5) is 5.69 Å². The van der Waals surface area contributed by atoms with Crippen LogP contribution in [0.5, 0.6) is 0 Å². The Kier molecular flexibility index (Phi) is 6.38. The Labute approximate surface area is 131 Å². The number of aryl methyl sites for hydroxylation is 1. The van der Waals surface area contributed by atoms with Gasteiger partial charge in [0.05, 0.1) is 25.2 Å². The topological polar surface area (TPSA) is 62.6 Å². The maximum absolute atomic E-state index is 12.4. The van der Waals surface area contributed by atoms with Crippen LogP contribution in [0.3, 0.4) is 0 Å². The van der Waals surface area contributed by atoms with Crippen molar-refractivity contribution in [2.75, 3.05) is 31.3 Å². The van der Waals surface area contributed by atoms with Crippen molar-refractivity contribution < 1.29 is 14.3 Å². The Morgan fingerprint density at radius 1 is 1.45 bits per heavy atom. The molecule has 1 fully saturated rings. The van der Waals surface area contributed by atoms with Gasteiger partial charge < -0.3 is 14.4 Å². The first-order valence-corrected chi connectivity index (χ1v) is 7.64. The normalized spacial score (nSPS) is 17.2. The molecule has 0 aromatic heterocycles. The molecule has 2 rings (SSSR count). The van der Waals surface area contributed by atoms with E-state index in [1.165, 1.54) is 0 Å². The van der Waals surface area contributed by atoms with Crippen molar-refractivity contribution in [1.29, 1.82) is 5.26 Å². The first-order chi connectivity index (χ1) is 10.7. The van der Waals surface area contributed by atoms with Gasteiger partial charge in [0.2, 0.25) is 0 Å². The van der Waals surface area contributed by atoms with Crippen LogP contribution in [0.25, 0.3) is 0 Å². The molecular formula is C17H22N2O3. The number of carbonyl (C=O) groups is 1. The Hall–Kier alpha value is -1.90. The second-order valence-corrected chi connectivity index (χ2v) is 5.44. The van der Waals surface area contributed by atoms with E-state index in [1.807, 2.05) is 31.2 Å². The molecule has 1 aromatic carbocycles. The molecule has 0 spiro atoms. The van der Waals surface area contributed by atoms with E-state index < -0.39 is 0 Å². The summed E-state index contributed by atoms with van der Waals surface area (Å²) in [6, 6.07) is 9.77. The van der Waals surface area contributed by atoms with Gasteiger partial charge in [0, 0.05) is 18.8 Å². The summed E-state index contributed by atoms with van der Waals surface area (Å²) in [6.45, 7) is 3.61. The molecular weight excluding hydrogens is 280 g/mol. The smallest absolute Gasteiger partial charge is 0.253 e. The van der Waals surface area contributed by atoms with Crippen LogP contribution in [0.15, 0.2) is 24.3 Å². The number of amides is 1. The molecule has 0 aliphatic carbocycles. The van der Waals surface area contributed by atoms with Crippen molar-refractivity contribution in [3.8, 4) is 6.07 Å². The number of nitriles is 1. The van der Waals surface area contributed by atoms with Gasteiger partial charge >= 0.3 is 0 Å². The molecule has 1 saturated heterocycles. The molecule has 1 atom stereocenters. The van der Waals surface area contributed by atoms with Gasteiger partial charge in [-0.25, -0.2) is 0 Å². The minimum atomic E-state index is -0.128. The number of hydrogen-bond acceptors (Lipinski definition) is 4. The highest BCUT2D eigenvalue weighted by Crippen LogP contribution is 2.16. The second kappa shape index (κ2) is 8.52. The number of rotatable bonds is 7. The molecule has 0 saturated carbocycles. The highest BCUT2D eigenvalue weighted by molar-refractivity contribution is 5.94. The number of carbonyl (C=O) groups excluding carboxylic acids is 1. The van der Waals surface area contributed by atoms with E-state index in [0.717, 1.165) is 30.7 Å². The second-order valence-electron chi connectivity index (χ2n) is 5.44. The number of hydrogen-bond donors (Lipinski definition) is 0. The quantitative estimate of drug-likeness (QED) is 0.776. The van der Waals surface area contributed by atoms with Crippen molar-refractivity contribution in [2.45, 2.75) is 32.3 Å². The number of nitrogens with zero attached hydrogens (tertiary/aromatic N) is 2. The van der Waals surface area contributed by atoms with Gasteiger partial charge in [0.15, 0.2) is 0 Å². The lowest BCUT2D eigenvalue weighted by molar-refractivity contribution is -0.124. The Morgan fingerprint density at radius 2 is 2.23 bits per heavy atom. The summed E-state index contributed by atoms with van der Waals surface area (Å²) >= 11 is 0. The lowest BCUT2D eigenvalue weighted by Gasteiger charge is -2.22. The van der Waals surface area contributed by atoms with Crippen LogP contribution in [-0.2, 0) is 14.3 Å². The molecule has 1 heterocycles. The predicted molar refractivity (Wildman–Crippen MR) is 83.6 cm³/mol. The monoisotopic (exact) mass is 302 g/mol. The van der Waals surface area contributed by atoms with Crippen molar-refractivity contribution in [3.63, 3.8) is 0 Å². The molecule has 22 heavy (non-hydrogen) atoms. The van der Waals surface area contributed by atoms with E-state index in [-0.39, 0.29) is 18.6 Å². The lowest BCUT2D eigenvalue weighted by Crippen LogP contribution is -2.35. The van der Waals surface area contributed by atoms with Gasteiger partial charge in [0.1, 0.15) is 6.61 Å². The van der Waals surface area contributed by atoms with Crippen LogP contribution >= 0.6 is 0 Å². The molecule has 1 aliphatic heterocycles. The molecule has 0 bridgehead atoms. The van der Waals surface area contributed by atoms with Crippen LogP contribution < -0.4 is 4.90 Å². The van der Waals surface area contributed by atoms with Crippen LogP contribution in [0, 0.1) is 18.3 Å². The zero-order valence-electron chi connectivity index (χ0n) is 13.0. The van der Waals surface area contributed by atoms with E-state index >= 15 is 0 Å². The van der Waals surface area contributed by atoms with Crippen LogP contribution in [0.1, 0.15) is 24.8 Å². The third-order valence-corrected chi connectivity index (χ3v) is 3.65. The predicted octanol–water partition coefficient (Wildman–Crippen LogP) is 2.44. The highest BCUT2D eigenvalue weighted by atomic mass is 16.5. The Morgan fingerprint density at radius 3 is 2.86 bits per heavy atom. The molecule has 118 valence electrons. The van der Waals surface area contributed by atoms with Crippen molar-refractivity contribution in [1.82, 2.24) is 0 Å². The summed E-state index contributed by atoms with van der Waals surface area (Å²) < 4.78 is 11.0. The fourth-order valence-corrected chi connectivity index (χ4v) is 2.42. The third-order valence-electron chi connectivity index (χ3n) is 3.65. The number of anilines is 1. The summed E-state index contributed by atoms with van der Waals surface area (Å²) in [5, 5.41) is 8.77. The van der Waals surface area contributed by atoms with E-state index in [0.29, 0.717) is 19.6 Å². The average molecular weight is 302 g/mol. The van der Waals surface area contributed by atoms with Crippen molar-refractivity contribution in [3.05, 3.63) is 29.8 Å². The third kappa shape index (κ3) is 4.83. The van der Waals surface area contributed by atoms with Gasteiger partial charge in [-0.3, -0.25) is 4.79 Å². The number of benzene rings is 1. The van der Waals surface area contributed by atoms with Gasteiger partial charge in [-0.1, -0.05) is 17.7 Å². The summed E-state index contributed by atoms with van der Waals surface area (Å²) in [5.74, 6) is -0.128. The molecule has 1 amide bonds. The van der Waals surface area contributed by atoms with E-state index in [4.69, 9.17) is 14.7 Å². The SMILES string of the molecule is Cc1ccc(N(CCC#N)C(=O)COC[C@@H]2CCCO2)cc1. The molecule has 5 nitrogen and oxygen atoms in total. The molecule has 0 N–H and O–H groups in total. The van der Waals surface area contributed by atoms with Crippen molar-refractivity contribution >= 4 is 11.6 Å². The van der Waals surface area contributed by atoms with E-state index in [9.17, 15) is 4.79 Å². The minimum Gasteiger partial charge on any atom is -0.376 e. The molecule has 1 aliphatic rings. The van der Waals surface area contributed by atoms with Gasteiger partial charge in [-0.2, -0.15) is 5.26 Å². The Bertz CT molecular complexity index is 516. The van der Waals surface area contributed by atoms with Crippen molar-refractivity contribution in [2.24, 2.45) is 0 Å². The van der Waals surface area contributed by atoms with E-state index in [1.54, 1.807) is 4.90 Å². The first kappa shape index (κ1) is 16.5. The molecule has 0 radical (unpaired) electrons. The van der Waals surface area contributed by atoms with Gasteiger partial charge in [-0.15, -0.1) is 0 Å². The maximum Gasteiger partial charge on any atom is 0.253 e. The fourth-order valence-electron chi connectivity index (χ4n) is 2.42. The Balaban J connectivity index is 1.90. The maximum atomic E-state index is 12.4. The molecule has 5 heteroatoms. The van der Waals surface area contributed by atoms with Gasteiger partial charge in [-0.05, 0) is 31.9 Å². The zero-order chi connectivity index (χ0) is 15.8. The van der Waals surface area contributed by atoms with E-state index in [2.05, 4.69) is 6.07 Å². The van der Waals surface area contributed by atoms with Gasteiger partial charge in [0.25, 0.3) is 5.91 Å². The first-order valence-electron chi connectivity index (χ1n) is 7.64. The lowest BCUT2D eigenvalue weighted by atomic mass is 10.2. The summed E-state index contributed by atoms with van der Waals surface area (Å²) in [4.78, 5) is 14.0. The largest absolute Gasteiger partial charge is 0.376 e. The number of ether oxygens (including phenoxy) is 2.